The molecule has 0 bridgehead atoms. The van der Waals surface area contributed by atoms with Gasteiger partial charge in [-0.15, -0.1) is 0 Å². The molecule has 0 fully saturated rings. The smallest absolute Gasteiger partial charge is 0.323 e. The van der Waals surface area contributed by atoms with Gasteiger partial charge in [-0.3, -0.25) is 4.79 Å². The quantitative estimate of drug-likeness (QED) is 0.651. The van der Waals surface area contributed by atoms with E-state index in [1.54, 1.807) is 7.11 Å². The summed E-state index contributed by atoms with van der Waals surface area (Å²) < 4.78 is 9.73. The van der Waals surface area contributed by atoms with Crippen LogP contribution in [-0.2, 0) is 14.3 Å². The molecule has 2 unspecified atom stereocenters. The van der Waals surface area contributed by atoms with E-state index in [0.717, 1.165) is 6.42 Å². The van der Waals surface area contributed by atoms with Gasteiger partial charge in [0.05, 0.1) is 7.11 Å². The van der Waals surface area contributed by atoms with Crippen molar-refractivity contribution in [1.29, 1.82) is 0 Å². The first-order valence-corrected chi connectivity index (χ1v) is 5.35. The number of ether oxygens (including phenoxy) is 2. The molecule has 0 aromatic heterocycles. The third-order valence-corrected chi connectivity index (χ3v) is 2.34. The second-order valence-corrected chi connectivity index (χ2v) is 4.09. The zero-order chi connectivity index (χ0) is 11.8. The largest absolute Gasteiger partial charge is 0.468 e. The molecular formula is C11H23NO3. The average Bonchev–Trinajstić information content (AvgIpc) is 2.21. The minimum atomic E-state index is -0.234. The van der Waals surface area contributed by atoms with Gasteiger partial charge in [-0.25, -0.2) is 0 Å². The van der Waals surface area contributed by atoms with E-state index in [4.69, 9.17) is 9.47 Å². The van der Waals surface area contributed by atoms with Gasteiger partial charge in [-0.1, -0.05) is 13.8 Å². The highest BCUT2D eigenvalue weighted by molar-refractivity contribution is 5.75. The van der Waals surface area contributed by atoms with Crippen LogP contribution in [0.25, 0.3) is 0 Å². The van der Waals surface area contributed by atoms with E-state index in [9.17, 15) is 4.79 Å². The Labute approximate surface area is 92.3 Å². The Kier molecular flexibility index (Phi) is 7.34. The Hall–Kier alpha value is -0.610. The Balaban J connectivity index is 4.10. The molecule has 0 rings (SSSR count). The van der Waals surface area contributed by atoms with Crippen molar-refractivity contribution >= 4 is 5.97 Å². The molecule has 0 aliphatic rings. The summed E-state index contributed by atoms with van der Waals surface area (Å²) in [5.41, 5.74) is 0. The van der Waals surface area contributed by atoms with Gasteiger partial charge in [-0.2, -0.15) is 0 Å². The van der Waals surface area contributed by atoms with Crippen molar-refractivity contribution in [2.75, 3.05) is 20.8 Å². The Morgan fingerprint density at radius 3 is 2.27 bits per heavy atom. The molecule has 2 atom stereocenters. The first-order valence-electron chi connectivity index (χ1n) is 5.35. The molecule has 0 aliphatic heterocycles. The third kappa shape index (κ3) is 5.74. The lowest BCUT2D eigenvalue weighted by Gasteiger charge is -2.24. The van der Waals surface area contributed by atoms with Crippen LogP contribution in [0.3, 0.4) is 0 Å². The normalized spacial score (nSPS) is 15.1. The lowest BCUT2D eigenvalue weighted by Crippen LogP contribution is -2.46. The molecule has 90 valence electrons. The van der Waals surface area contributed by atoms with E-state index in [2.05, 4.69) is 5.32 Å². The predicted molar refractivity (Wildman–Crippen MR) is 59.7 cm³/mol. The van der Waals surface area contributed by atoms with E-state index < -0.39 is 0 Å². The van der Waals surface area contributed by atoms with E-state index in [0.29, 0.717) is 6.61 Å². The second-order valence-electron chi connectivity index (χ2n) is 4.09. The minimum absolute atomic E-state index is 0.200. The Bertz CT molecular complexity index is 183. The van der Waals surface area contributed by atoms with Crippen LogP contribution in [0.15, 0.2) is 0 Å². The lowest BCUT2D eigenvalue weighted by molar-refractivity contribution is -0.144. The van der Waals surface area contributed by atoms with Crippen molar-refractivity contribution in [2.24, 2.45) is 5.92 Å². The van der Waals surface area contributed by atoms with Crippen molar-refractivity contribution in [3.8, 4) is 0 Å². The Morgan fingerprint density at radius 1 is 1.27 bits per heavy atom. The van der Waals surface area contributed by atoms with E-state index >= 15 is 0 Å². The fraction of sp³-hybridized carbons (Fsp3) is 0.909. The third-order valence-electron chi connectivity index (χ3n) is 2.34. The number of hydrogen-bond donors (Lipinski definition) is 1. The summed E-state index contributed by atoms with van der Waals surface area (Å²) in [5, 5.41) is 3.25. The maximum atomic E-state index is 11.4. The summed E-state index contributed by atoms with van der Waals surface area (Å²) in [6.07, 6.45) is 0.886. The van der Waals surface area contributed by atoms with Crippen LogP contribution < -0.4 is 5.32 Å². The number of hydrogen-bond acceptors (Lipinski definition) is 4. The summed E-state index contributed by atoms with van der Waals surface area (Å²) >= 11 is 0. The van der Waals surface area contributed by atoms with Crippen molar-refractivity contribution in [3.63, 3.8) is 0 Å². The van der Waals surface area contributed by atoms with Crippen LogP contribution in [-0.4, -0.2) is 38.9 Å². The summed E-state index contributed by atoms with van der Waals surface area (Å²) in [6.45, 7) is 6.73. The van der Waals surface area contributed by atoms with Gasteiger partial charge in [0.1, 0.15) is 6.04 Å². The van der Waals surface area contributed by atoms with E-state index in [-0.39, 0.29) is 24.0 Å². The van der Waals surface area contributed by atoms with Crippen LogP contribution in [0.5, 0.6) is 0 Å². The second kappa shape index (κ2) is 7.65. The van der Waals surface area contributed by atoms with Crippen molar-refractivity contribution < 1.29 is 14.3 Å². The maximum absolute atomic E-state index is 11.4. The van der Waals surface area contributed by atoms with Crippen molar-refractivity contribution in [1.82, 2.24) is 5.32 Å². The van der Waals surface area contributed by atoms with Crippen LogP contribution in [0.1, 0.15) is 27.2 Å². The zero-order valence-corrected chi connectivity index (χ0v) is 10.4. The highest BCUT2D eigenvalue weighted by atomic mass is 16.5. The van der Waals surface area contributed by atoms with E-state index in [1.165, 1.54) is 7.11 Å². The highest BCUT2D eigenvalue weighted by Gasteiger charge is 2.23. The molecular weight excluding hydrogens is 194 g/mol. The van der Waals surface area contributed by atoms with Gasteiger partial charge >= 0.3 is 5.97 Å². The number of methoxy groups -OCH3 is 2. The van der Waals surface area contributed by atoms with Crippen LogP contribution in [0.2, 0.25) is 0 Å². The molecule has 0 amide bonds. The fourth-order valence-electron chi connectivity index (χ4n) is 1.34. The van der Waals surface area contributed by atoms with Gasteiger partial charge in [0.2, 0.25) is 0 Å². The van der Waals surface area contributed by atoms with Gasteiger partial charge < -0.3 is 14.8 Å². The van der Waals surface area contributed by atoms with Crippen LogP contribution >= 0.6 is 0 Å². The summed E-state index contributed by atoms with van der Waals surface area (Å²) in [6, 6.07) is 0.0123. The number of nitrogens with one attached hydrogen (secondary N) is 1. The summed E-state index contributed by atoms with van der Waals surface area (Å²) in [5.74, 6) is 0.0247. The summed E-state index contributed by atoms with van der Waals surface area (Å²) in [7, 11) is 3.09. The molecule has 0 heterocycles. The van der Waals surface area contributed by atoms with Gasteiger partial charge in [0, 0.05) is 19.8 Å². The fourth-order valence-corrected chi connectivity index (χ4v) is 1.34. The monoisotopic (exact) mass is 217 g/mol. The highest BCUT2D eigenvalue weighted by Crippen LogP contribution is 2.06. The Morgan fingerprint density at radius 2 is 1.87 bits per heavy atom. The molecule has 0 saturated heterocycles. The molecule has 1 N–H and O–H groups in total. The number of esters is 1. The van der Waals surface area contributed by atoms with Crippen molar-refractivity contribution in [3.05, 3.63) is 0 Å². The maximum Gasteiger partial charge on any atom is 0.323 e. The molecule has 15 heavy (non-hydrogen) atoms. The standard InChI is InChI=1S/C11H23NO3/c1-8(2)10(11(13)15-5)12-9(3)6-7-14-4/h8-10,12H,6-7H2,1-5H3. The van der Waals surface area contributed by atoms with Gasteiger partial charge in [0.15, 0.2) is 0 Å². The molecule has 4 heteroatoms. The number of carbonyl (C=O) groups excluding carboxylic acids is 1. The topological polar surface area (TPSA) is 47.6 Å². The molecule has 0 aliphatic carbocycles. The minimum Gasteiger partial charge on any atom is -0.468 e. The summed E-state index contributed by atoms with van der Waals surface area (Å²) in [4.78, 5) is 11.4. The molecule has 0 spiro atoms. The molecule has 0 aromatic carbocycles. The molecule has 4 nitrogen and oxygen atoms in total. The lowest BCUT2D eigenvalue weighted by atomic mass is 10.0. The van der Waals surface area contributed by atoms with Crippen LogP contribution in [0, 0.1) is 5.92 Å². The average molecular weight is 217 g/mol. The predicted octanol–water partition coefficient (Wildman–Crippen LogP) is 1.20. The van der Waals surface area contributed by atoms with Gasteiger partial charge in [-0.05, 0) is 19.3 Å². The molecule has 0 aromatic rings. The van der Waals surface area contributed by atoms with Crippen molar-refractivity contribution in [2.45, 2.75) is 39.3 Å². The van der Waals surface area contributed by atoms with Gasteiger partial charge in [0.25, 0.3) is 0 Å². The number of carbonyl (C=O) groups is 1. The SMILES string of the molecule is COCCC(C)NC(C(=O)OC)C(C)C. The zero-order valence-electron chi connectivity index (χ0n) is 10.4. The first kappa shape index (κ1) is 14.4. The number of rotatable bonds is 7. The first-order chi connectivity index (χ1) is 7.02. The van der Waals surface area contributed by atoms with Crippen LogP contribution in [0.4, 0.5) is 0 Å². The van der Waals surface area contributed by atoms with E-state index in [1.807, 2.05) is 20.8 Å². The molecule has 0 saturated carbocycles. The molecule has 0 radical (unpaired) electrons.